The number of hydrogen-bond donors (Lipinski definition) is 2. The summed E-state index contributed by atoms with van der Waals surface area (Å²) in [6.45, 7) is 2.05. The molecule has 7 heteroatoms. The Balaban J connectivity index is 1.81. The fourth-order valence-electron chi connectivity index (χ4n) is 2.63. The summed E-state index contributed by atoms with van der Waals surface area (Å²) in [6.07, 6.45) is 1.30. The van der Waals surface area contributed by atoms with Crippen molar-refractivity contribution in [2.24, 2.45) is 5.92 Å². The summed E-state index contributed by atoms with van der Waals surface area (Å²) in [5.41, 5.74) is 6.59. The lowest BCUT2D eigenvalue weighted by Gasteiger charge is -2.29. The van der Waals surface area contributed by atoms with Gasteiger partial charge in [-0.1, -0.05) is 0 Å². The Morgan fingerprint density at radius 2 is 2.37 bits per heavy atom. The molecule has 0 radical (unpaired) electrons. The number of nitrogens with zero attached hydrogens (tertiary/aromatic N) is 2. The number of nitrogens with one attached hydrogen (secondary N) is 1. The van der Waals surface area contributed by atoms with Gasteiger partial charge in [0.05, 0.1) is 24.8 Å². The molecule has 1 aromatic rings. The minimum Gasteiger partial charge on any atom is -0.381 e. The second kappa shape index (κ2) is 4.65. The van der Waals surface area contributed by atoms with E-state index in [1.165, 1.54) is 0 Å². The van der Waals surface area contributed by atoms with Crippen LogP contribution in [0, 0.1) is 5.92 Å². The first-order valence-electron chi connectivity index (χ1n) is 6.39. The molecule has 0 aromatic carbocycles. The molecule has 0 bridgehead atoms. The van der Waals surface area contributed by atoms with Crippen LogP contribution in [0.5, 0.6) is 0 Å². The molecule has 3 rings (SSSR count). The van der Waals surface area contributed by atoms with E-state index < -0.39 is 0 Å². The number of aromatic nitrogens is 2. The predicted octanol–water partition coefficient (Wildman–Crippen LogP) is -0.727. The van der Waals surface area contributed by atoms with Gasteiger partial charge >= 0.3 is 0 Å². The quantitative estimate of drug-likeness (QED) is 0.696. The fraction of sp³-hybridized carbons (Fsp3) is 0.583. The molecule has 3 heterocycles. The highest BCUT2D eigenvalue weighted by Gasteiger charge is 2.31. The van der Waals surface area contributed by atoms with Crippen molar-refractivity contribution in [2.45, 2.75) is 19.4 Å². The number of rotatable bonds is 1. The van der Waals surface area contributed by atoms with Crippen LogP contribution in [-0.2, 0) is 22.5 Å². The van der Waals surface area contributed by atoms with E-state index >= 15 is 0 Å². The monoisotopic (exact) mass is 264 g/mol. The molecule has 0 spiro atoms. The number of nitrogen functional groups attached to an aromatic ring is 1. The standard InChI is InChI=1S/C12H16N4O3/c13-12-14-9-5-16(3-1-8(9)10(17)15-12)11(18)7-2-4-19-6-7/h7H,1-6H2,(H3,13,14,15,17)/t7-/m1/s1. The summed E-state index contributed by atoms with van der Waals surface area (Å²) in [6, 6.07) is 0. The third-order valence-electron chi connectivity index (χ3n) is 3.68. The molecule has 3 N–H and O–H groups in total. The van der Waals surface area contributed by atoms with Gasteiger partial charge in [-0.25, -0.2) is 4.98 Å². The van der Waals surface area contributed by atoms with Gasteiger partial charge in [-0.3, -0.25) is 14.6 Å². The Morgan fingerprint density at radius 1 is 1.53 bits per heavy atom. The third kappa shape index (κ3) is 2.21. The molecule has 2 aliphatic heterocycles. The lowest BCUT2D eigenvalue weighted by Crippen LogP contribution is -2.42. The van der Waals surface area contributed by atoms with Crippen LogP contribution in [0.1, 0.15) is 17.7 Å². The normalized spacial score (nSPS) is 22.3. The Morgan fingerprint density at radius 3 is 3.11 bits per heavy atom. The van der Waals surface area contributed by atoms with Gasteiger partial charge in [0.2, 0.25) is 11.9 Å². The Labute approximate surface area is 109 Å². The van der Waals surface area contributed by atoms with E-state index in [0.717, 1.165) is 6.42 Å². The van der Waals surface area contributed by atoms with Crippen LogP contribution in [0.3, 0.4) is 0 Å². The summed E-state index contributed by atoms with van der Waals surface area (Å²) in [5, 5.41) is 0. The SMILES string of the molecule is Nc1nc2c(c(=O)[nH]1)CCN(C(=O)[C@@H]1CCOC1)C2. The average Bonchev–Trinajstić information content (AvgIpc) is 2.90. The average molecular weight is 264 g/mol. The zero-order valence-corrected chi connectivity index (χ0v) is 10.5. The molecular formula is C12H16N4O3. The first-order valence-corrected chi connectivity index (χ1v) is 6.39. The van der Waals surface area contributed by atoms with Crippen LogP contribution < -0.4 is 11.3 Å². The highest BCUT2D eigenvalue weighted by molar-refractivity contribution is 5.79. The highest BCUT2D eigenvalue weighted by atomic mass is 16.5. The smallest absolute Gasteiger partial charge is 0.255 e. The van der Waals surface area contributed by atoms with Gasteiger partial charge < -0.3 is 15.4 Å². The first-order chi connectivity index (χ1) is 9.15. The second-order valence-electron chi connectivity index (χ2n) is 4.95. The van der Waals surface area contributed by atoms with Gasteiger partial charge in [-0.15, -0.1) is 0 Å². The molecule has 0 saturated carbocycles. The van der Waals surface area contributed by atoms with E-state index in [1.54, 1.807) is 4.90 Å². The zero-order chi connectivity index (χ0) is 13.4. The van der Waals surface area contributed by atoms with E-state index in [0.29, 0.717) is 44.0 Å². The van der Waals surface area contributed by atoms with Crippen molar-refractivity contribution >= 4 is 11.9 Å². The molecule has 1 atom stereocenters. The number of H-pyrrole nitrogens is 1. The Kier molecular flexibility index (Phi) is 2.98. The number of amides is 1. The molecule has 102 valence electrons. The number of aromatic amines is 1. The van der Waals surface area contributed by atoms with Gasteiger partial charge in [-0.05, 0) is 12.8 Å². The van der Waals surface area contributed by atoms with Gasteiger partial charge in [0.25, 0.3) is 5.56 Å². The minimum atomic E-state index is -0.196. The number of hydrogen-bond acceptors (Lipinski definition) is 5. The highest BCUT2D eigenvalue weighted by Crippen LogP contribution is 2.20. The number of carbonyl (C=O) groups excluding carboxylic acids is 1. The van der Waals surface area contributed by atoms with Crippen molar-refractivity contribution in [3.8, 4) is 0 Å². The van der Waals surface area contributed by atoms with Crippen molar-refractivity contribution in [1.29, 1.82) is 0 Å². The van der Waals surface area contributed by atoms with Crippen LogP contribution in [-0.4, -0.2) is 40.5 Å². The van der Waals surface area contributed by atoms with E-state index in [1.807, 2.05) is 0 Å². The van der Waals surface area contributed by atoms with Crippen molar-refractivity contribution in [1.82, 2.24) is 14.9 Å². The lowest BCUT2D eigenvalue weighted by molar-refractivity contribution is -0.136. The maximum absolute atomic E-state index is 12.3. The minimum absolute atomic E-state index is 0.0547. The zero-order valence-electron chi connectivity index (χ0n) is 10.5. The van der Waals surface area contributed by atoms with E-state index in [-0.39, 0.29) is 23.3 Å². The molecule has 1 amide bonds. The summed E-state index contributed by atoms with van der Waals surface area (Å²) in [4.78, 5) is 32.4. The largest absolute Gasteiger partial charge is 0.381 e. The van der Waals surface area contributed by atoms with Crippen molar-refractivity contribution in [2.75, 3.05) is 25.5 Å². The maximum atomic E-state index is 12.3. The number of anilines is 1. The molecule has 1 fully saturated rings. The van der Waals surface area contributed by atoms with Crippen molar-refractivity contribution in [3.05, 3.63) is 21.6 Å². The van der Waals surface area contributed by atoms with Crippen LogP contribution in [0.2, 0.25) is 0 Å². The van der Waals surface area contributed by atoms with E-state index in [2.05, 4.69) is 9.97 Å². The van der Waals surface area contributed by atoms with Crippen LogP contribution in [0.15, 0.2) is 4.79 Å². The van der Waals surface area contributed by atoms with Crippen LogP contribution in [0.4, 0.5) is 5.95 Å². The summed E-state index contributed by atoms with van der Waals surface area (Å²) in [7, 11) is 0. The van der Waals surface area contributed by atoms with Gasteiger partial charge in [0.15, 0.2) is 0 Å². The third-order valence-corrected chi connectivity index (χ3v) is 3.68. The lowest BCUT2D eigenvalue weighted by atomic mass is 10.0. The molecule has 1 saturated heterocycles. The molecule has 0 aliphatic carbocycles. The topological polar surface area (TPSA) is 101 Å². The Hall–Kier alpha value is -1.89. The number of fused-ring (bicyclic) bond motifs is 1. The summed E-state index contributed by atoms with van der Waals surface area (Å²) >= 11 is 0. The summed E-state index contributed by atoms with van der Waals surface area (Å²) < 4.78 is 5.24. The van der Waals surface area contributed by atoms with Crippen molar-refractivity contribution < 1.29 is 9.53 Å². The molecule has 0 unspecified atom stereocenters. The molecular weight excluding hydrogens is 248 g/mol. The van der Waals surface area contributed by atoms with Gasteiger partial charge in [0, 0.05) is 18.7 Å². The van der Waals surface area contributed by atoms with Gasteiger partial charge in [0.1, 0.15) is 0 Å². The number of carbonyl (C=O) groups is 1. The van der Waals surface area contributed by atoms with E-state index in [4.69, 9.17) is 10.5 Å². The number of nitrogens with two attached hydrogens (primary N) is 1. The number of ether oxygens (including phenoxy) is 1. The molecule has 19 heavy (non-hydrogen) atoms. The molecule has 7 nitrogen and oxygen atoms in total. The first kappa shape index (κ1) is 12.2. The van der Waals surface area contributed by atoms with Crippen LogP contribution in [0.25, 0.3) is 0 Å². The van der Waals surface area contributed by atoms with Gasteiger partial charge in [-0.2, -0.15) is 0 Å². The Bertz CT molecular complexity index is 563. The summed E-state index contributed by atoms with van der Waals surface area (Å²) in [5.74, 6) is 0.131. The molecule has 2 aliphatic rings. The predicted molar refractivity (Wildman–Crippen MR) is 67.3 cm³/mol. The molecule has 1 aromatic heterocycles. The van der Waals surface area contributed by atoms with Crippen LogP contribution >= 0.6 is 0 Å². The van der Waals surface area contributed by atoms with Crippen molar-refractivity contribution in [3.63, 3.8) is 0 Å². The second-order valence-corrected chi connectivity index (χ2v) is 4.95. The maximum Gasteiger partial charge on any atom is 0.255 e. The fourth-order valence-corrected chi connectivity index (χ4v) is 2.63. The van der Waals surface area contributed by atoms with E-state index in [9.17, 15) is 9.59 Å².